The van der Waals surface area contributed by atoms with Gasteiger partial charge in [0.05, 0.1) is 24.0 Å². The number of benzene rings is 1. The maximum atomic E-state index is 5.24. The molecular weight excluding hydrogens is 512 g/mol. The van der Waals surface area contributed by atoms with Crippen LogP contribution in [0.1, 0.15) is 16.0 Å². The largest absolute Gasteiger partial charge is 0.496 e. The maximum Gasteiger partial charge on any atom is 0.133 e. The van der Waals surface area contributed by atoms with Gasteiger partial charge in [-0.2, -0.15) is 0 Å². The van der Waals surface area contributed by atoms with Crippen LogP contribution in [0, 0.1) is 0 Å². The summed E-state index contributed by atoms with van der Waals surface area (Å²) >= 11 is 16.0. The van der Waals surface area contributed by atoms with E-state index in [9.17, 15) is 0 Å². The average molecular weight is 520 g/mol. The number of ether oxygens (including phenoxy) is 1. The van der Waals surface area contributed by atoms with Crippen molar-refractivity contribution in [1.29, 1.82) is 0 Å². The molecular formula is C12H8Br4OS. The van der Waals surface area contributed by atoms with Gasteiger partial charge in [0.2, 0.25) is 0 Å². The second-order valence-corrected chi connectivity index (χ2v) is 9.06. The summed E-state index contributed by atoms with van der Waals surface area (Å²) in [4.78, 5) is 0.150. The molecule has 0 radical (unpaired) electrons. The molecule has 2 aromatic rings. The van der Waals surface area contributed by atoms with Gasteiger partial charge >= 0.3 is 0 Å². The third-order valence-electron chi connectivity index (χ3n) is 2.42. The van der Waals surface area contributed by atoms with Crippen LogP contribution in [0.2, 0.25) is 0 Å². The summed E-state index contributed by atoms with van der Waals surface area (Å²) in [5, 5.41) is 0. The number of hydrogen-bond donors (Lipinski definition) is 0. The highest BCUT2D eigenvalue weighted by Crippen LogP contribution is 2.43. The molecule has 96 valence electrons. The van der Waals surface area contributed by atoms with Crippen LogP contribution in [0.15, 0.2) is 36.3 Å². The molecule has 1 aromatic heterocycles. The molecule has 1 unspecified atom stereocenters. The Morgan fingerprint density at radius 1 is 1.17 bits per heavy atom. The van der Waals surface area contributed by atoms with Crippen molar-refractivity contribution in [2.45, 2.75) is 4.83 Å². The van der Waals surface area contributed by atoms with Crippen molar-refractivity contribution in [3.05, 3.63) is 47.4 Å². The van der Waals surface area contributed by atoms with Crippen LogP contribution in [-0.2, 0) is 0 Å². The summed E-state index contributed by atoms with van der Waals surface area (Å²) in [5.41, 5.74) is 2.39. The molecule has 0 spiro atoms. The van der Waals surface area contributed by atoms with Gasteiger partial charge in [-0.15, -0.1) is 11.3 Å². The molecule has 0 saturated heterocycles. The minimum atomic E-state index is 0.150. The number of alkyl halides is 1. The molecule has 0 N–H and O–H groups in total. The van der Waals surface area contributed by atoms with Crippen molar-refractivity contribution in [3.63, 3.8) is 0 Å². The van der Waals surface area contributed by atoms with Crippen LogP contribution in [-0.4, -0.2) is 7.11 Å². The predicted molar refractivity (Wildman–Crippen MR) is 91.2 cm³/mol. The molecule has 0 aliphatic rings. The van der Waals surface area contributed by atoms with Crippen molar-refractivity contribution in [2.75, 3.05) is 7.11 Å². The highest BCUT2D eigenvalue weighted by Gasteiger charge is 2.17. The third-order valence-corrected chi connectivity index (χ3v) is 6.45. The number of hydrogen-bond acceptors (Lipinski definition) is 2. The van der Waals surface area contributed by atoms with Gasteiger partial charge in [-0.05, 0) is 77.1 Å². The Morgan fingerprint density at radius 3 is 2.39 bits per heavy atom. The summed E-state index contributed by atoms with van der Waals surface area (Å²) < 4.78 is 8.43. The van der Waals surface area contributed by atoms with E-state index in [0.717, 1.165) is 17.8 Å². The quantitative estimate of drug-likeness (QED) is 0.419. The van der Waals surface area contributed by atoms with Crippen LogP contribution in [0.25, 0.3) is 0 Å². The molecule has 1 heterocycles. The summed E-state index contributed by atoms with van der Waals surface area (Å²) in [6.45, 7) is 0. The highest BCUT2D eigenvalue weighted by molar-refractivity contribution is 9.12. The van der Waals surface area contributed by atoms with E-state index in [1.54, 1.807) is 18.4 Å². The van der Waals surface area contributed by atoms with E-state index in [0.29, 0.717) is 0 Å². The topological polar surface area (TPSA) is 9.23 Å². The Balaban J connectivity index is 2.37. The van der Waals surface area contributed by atoms with E-state index in [1.807, 2.05) is 6.07 Å². The second kappa shape index (κ2) is 6.39. The molecule has 1 atom stereocenters. The molecule has 2 rings (SSSR count). The van der Waals surface area contributed by atoms with Crippen molar-refractivity contribution in [2.24, 2.45) is 0 Å². The molecule has 1 nitrogen and oxygen atoms in total. The first-order valence-electron chi connectivity index (χ1n) is 4.95. The number of rotatable bonds is 3. The van der Waals surface area contributed by atoms with Crippen LogP contribution in [0.3, 0.4) is 0 Å². The van der Waals surface area contributed by atoms with Crippen molar-refractivity contribution in [1.82, 2.24) is 0 Å². The lowest BCUT2D eigenvalue weighted by atomic mass is 10.1. The van der Waals surface area contributed by atoms with E-state index in [-0.39, 0.29) is 4.83 Å². The van der Waals surface area contributed by atoms with Crippen LogP contribution in [0.5, 0.6) is 5.75 Å². The molecule has 1 aromatic carbocycles. The van der Waals surface area contributed by atoms with Crippen LogP contribution in [0.4, 0.5) is 0 Å². The molecule has 6 heteroatoms. The molecule has 0 aliphatic heterocycles. The number of methoxy groups -OCH3 is 1. The summed E-state index contributed by atoms with van der Waals surface area (Å²) in [6.07, 6.45) is 0. The van der Waals surface area contributed by atoms with E-state index in [2.05, 4.69) is 81.9 Å². The fourth-order valence-electron chi connectivity index (χ4n) is 1.55. The summed E-state index contributed by atoms with van der Waals surface area (Å²) in [5.74, 6) is 0.837. The smallest absolute Gasteiger partial charge is 0.133 e. The van der Waals surface area contributed by atoms with Crippen LogP contribution >= 0.6 is 75.1 Å². The lowest BCUT2D eigenvalue weighted by Gasteiger charge is -2.11. The maximum absolute atomic E-state index is 5.24. The fourth-order valence-corrected chi connectivity index (χ4v) is 6.11. The zero-order valence-corrected chi connectivity index (χ0v) is 16.4. The number of halogens is 4. The molecule has 0 amide bonds. The van der Waals surface area contributed by atoms with Gasteiger partial charge in [-0.25, -0.2) is 0 Å². The predicted octanol–water partition coefficient (Wildman–Crippen LogP) is 6.53. The standard InChI is InChI=1S/C12H8Br4OS/c1-17-9-3-2-6(4-8(9)13)11(15)7-5-10(14)18-12(7)16/h2-5,11H,1H3. The Labute approximate surface area is 143 Å². The van der Waals surface area contributed by atoms with E-state index in [4.69, 9.17) is 4.74 Å². The lowest BCUT2D eigenvalue weighted by molar-refractivity contribution is 0.412. The van der Waals surface area contributed by atoms with Crippen LogP contribution < -0.4 is 4.74 Å². The molecule has 18 heavy (non-hydrogen) atoms. The number of thiophene rings is 1. The normalized spacial score (nSPS) is 12.5. The van der Waals surface area contributed by atoms with E-state index >= 15 is 0 Å². The van der Waals surface area contributed by atoms with E-state index < -0.39 is 0 Å². The first kappa shape index (κ1) is 15.0. The minimum Gasteiger partial charge on any atom is -0.496 e. The van der Waals surface area contributed by atoms with Crippen molar-refractivity contribution in [3.8, 4) is 5.75 Å². The molecule has 0 fully saturated rings. The van der Waals surface area contributed by atoms with Crippen molar-refractivity contribution < 1.29 is 4.74 Å². The SMILES string of the molecule is COc1ccc(C(Br)c2cc(Br)sc2Br)cc1Br. The van der Waals surface area contributed by atoms with Gasteiger partial charge in [-0.1, -0.05) is 22.0 Å². The summed E-state index contributed by atoms with van der Waals surface area (Å²) in [6, 6.07) is 8.20. The van der Waals surface area contributed by atoms with Crippen molar-refractivity contribution >= 4 is 75.1 Å². The average Bonchev–Trinajstić information content (AvgIpc) is 2.67. The van der Waals surface area contributed by atoms with Gasteiger partial charge < -0.3 is 4.74 Å². The first-order chi connectivity index (χ1) is 8.52. The second-order valence-electron chi connectivity index (χ2n) is 3.54. The third kappa shape index (κ3) is 3.20. The van der Waals surface area contributed by atoms with E-state index in [1.165, 1.54) is 11.1 Å². The van der Waals surface area contributed by atoms with Gasteiger partial charge in [0.1, 0.15) is 5.75 Å². The van der Waals surface area contributed by atoms with Gasteiger partial charge in [-0.3, -0.25) is 0 Å². The lowest BCUT2D eigenvalue weighted by Crippen LogP contribution is -1.93. The Bertz CT molecular complexity index is 567. The van der Waals surface area contributed by atoms with Gasteiger partial charge in [0.25, 0.3) is 0 Å². The minimum absolute atomic E-state index is 0.150. The zero-order valence-electron chi connectivity index (χ0n) is 9.22. The Hall–Kier alpha value is 0.640. The molecule has 0 aliphatic carbocycles. The molecule has 0 saturated carbocycles. The van der Waals surface area contributed by atoms with Gasteiger partial charge in [0, 0.05) is 0 Å². The monoisotopic (exact) mass is 516 g/mol. The zero-order chi connectivity index (χ0) is 13.3. The Kier molecular flexibility index (Phi) is 5.34. The highest BCUT2D eigenvalue weighted by atomic mass is 79.9. The first-order valence-corrected chi connectivity index (χ1v) is 9.06. The van der Waals surface area contributed by atoms with Gasteiger partial charge in [0.15, 0.2) is 0 Å². The Morgan fingerprint density at radius 2 is 1.89 bits per heavy atom. The summed E-state index contributed by atoms with van der Waals surface area (Å²) in [7, 11) is 1.66. The fraction of sp³-hybridized carbons (Fsp3) is 0.167. The molecule has 0 bridgehead atoms.